The summed E-state index contributed by atoms with van der Waals surface area (Å²) in [6, 6.07) is 12.3. The van der Waals surface area contributed by atoms with Crippen molar-refractivity contribution in [3.05, 3.63) is 59.7 Å². The first-order chi connectivity index (χ1) is 14.8. The van der Waals surface area contributed by atoms with Crippen molar-refractivity contribution in [3.63, 3.8) is 0 Å². The van der Waals surface area contributed by atoms with Crippen molar-refractivity contribution in [2.45, 2.75) is 38.1 Å². The standard InChI is InChI=1S/C21H20F3N5O2/c1-31-18-9-5-14(6-10-18)12-28(17-7-8-17)19(30)13-29-26-20(25-27-29)15-3-2-4-16(11-15)21(22,23)24/h2-6,9-11,17H,7-8,12-13H2,1H3. The average molecular weight is 431 g/mol. The van der Waals surface area contributed by atoms with Crippen molar-refractivity contribution >= 4 is 5.91 Å². The maximum absolute atomic E-state index is 12.9. The number of carbonyl (C=O) groups is 1. The monoisotopic (exact) mass is 431 g/mol. The highest BCUT2D eigenvalue weighted by molar-refractivity contribution is 5.76. The highest BCUT2D eigenvalue weighted by atomic mass is 19.4. The maximum atomic E-state index is 12.9. The smallest absolute Gasteiger partial charge is 0.416 e. The van der Waals surface area contributed by atoms with Gasteiger partial charge in [-0.2, -0.15) is 18.0 Å². The number of hydrogen-bond donors (Lipinski definition) is 0. The van der Waals surface area contributed by atoms with E-state index in [1.807, 2.05) is 24.3 Å². The topological polar surface area (TPSA) is 73.1 Å². The van der Waals surface area contributed by atoms with Crippen molar-refractivity contribution in [2.24, 2.45) is 0 Å². The molecule has 0 saturated heterocycles. The van der Waals surface area contributed by atoms with Crippen molar-refractivity contribution in [3.8, 4) is 17.1 Å². The number of alkyl halides is 3. The third kappa shape index (κ3) is 5.01. The first kappa shape index (κ1) is 20.8. The van der Waals surface area contributed by atoms with Gasteiger partial charge < -0.3 is 9.64 Å². The van der Waals surface area contributed by atoms with E-state index < -0.39 is 11.7 Å². The summed E-state index contributed by atoms with van der Waals surface area (Å²) in [4.78, 5) is 15.8. The Morgan fingerprint density at radius 1 is 1.19 bits per heavy atom. The number of carbonyl (C=O) groups excluding carboxylic acids is 1. The molecule has 1 aromatic heterocycles. The van der Waals surface area contributed by atoms with E-state index >= 15 is 0 Å². The fourth-order valence-electron chi connectivity index (χ4n) is 3.21. The van der Waals surface area contributed by atoms with Crippen molar-refractivity contribution in [1.29, 1.82) is 0 Å². The van der Waals surface area contributed by atoms with Crippen LogP contribution in [0.2, 0.25) is 0 Å². The predicted octanol–water partition coefficient (Wildman–Crippen LogP) is 3.56. The number of halogens is 3. The lowest BCUT2D eigenvalue weighted by molar-refractivity contribution is -0.137. The summed E-state index contributed by atoms with van der Waals surface area (Å²) in [5, 5.41) is 11.8. The van der Waals surface area contributed by atoms with Gasteiger partial charge in [-0.25, -0.2) is 0 Å². The SMILES string of the molecule is COc1ccc(CN(C(=O)Cn2nnc(-c3cccc(C(F)(F)F)c3)n2)C2CC2)cc1. The molecule has 162 valence electrons. The molecule has 10 heteroatoms. The summed E-state index contributed by atoms with van der Waals surface area (Å²) < 4.78 is 44.0. The van der Waals surface area contributed by atoms with Crippen LogP contribution in [-0.2, 0) is 24.1 Å². The van der Waals surface area contributed by atoms with Gasteiger partial charge in [0.2, 0.25) is 11.7 Å². The summed E-state index contributed by atoms with van der Waals surface area (Å²) in [7, 11) is 1.59. The van der Waals surface area contributed by atoms with Crippen molar-refractivity contribution in [1.82, 2.24) is 25.1 Å². The van der Waals surface area contributed by atoms with Gasteiger partial charge >= 0.3 is 6.18 Å². The summed E-state index contributed by atoms with van der Waals surface area (Å²) in [6.07, 6.45) is -2.60. The van der Waals surface area contributed by atoms with E-state index in [2.05, 4.69) is 15.4 Å². The Bertz CT molecular complexity index is 1060. The quantitative estimate of drug-likeness (QED) is 0.572. The van der Waals surface area contributed by atoms with Gasteiger partial charge in [0.25, 0.3) is 0 Å². The van der Waals surface area contributed by atoms with E-state index in [-0.39, 0.29) is 29.9 Å². The molecule has 1 saturated carbocycles. The van der Waals surface area contributed by atoms with Crippen LogP contribution >= 0.6 is 0 Å². The minimum Gasteiger partial charge on any atom is -0.497 e. The fourth-order valence-corrected chi connectivity index (χ4v) is 3.21. The number of rotatable bonds is 7. The molecule has 0 spiro atoms. The number of nitrogens with zero attached hydrogens (tertiary/aromatic N) is 5. The molecule has 0 aliphatic heterocycles. The normalized spacial score (nSPS) is 13.8. The average Bonchev–Trinajstić information content (AvgIpc) is 3.49. The zero-order chi connectivity index (χ0) is 22.0. The maximum Gasteiger partial charge on any atom is 0.416 e. The predicted molar refractivity (Wildman–Crippen MR) is 105 cm³/mol. The number of hydrogen-bond acceptors (Lipinski definition) is 5. The highest BCUT2D eigenvalue weighted by Crippen LogP contribution is 2.31. The number of ether oxygens (including phenoxy) is 1. The van der Waals surface area contributed by atoms with E-state index in [0.29, 0.717) is 6.54 Å². The number of aromatic nitrogens is 4. The number of methoxy groups -OCH3 is 1. The van der Waals surface area contributed by atoms with Gasteiger partial charge in [-0.1, -0.05) is 24.3 Å². The molecule has 31 heavy (non-hydrogen) atoms. The van der Waals surface area contributed by atoms with Crippen molar-refractivity contribution < 1.29 is 22.7 Å². The Hall–Kier alpha value is -3.43. The van der Waals surface area contributed by atoms with Crippen LogP contribution in [0.1, 0.15) is 24.0 Å². The molecule has 4 rings (SSSR count). The van der Waals surface area contributed by atoms with Gasteiger partial charge in [-0.3, -0.25) is 4.79 Å². The van der Waals surface area contributed by atoms with Crippen LogP contribution in [0.5, 0.6) is 5.75 Å². The molecule has 2 aromatic carbocycles. The molecule has 1 fully saturated rings. The fraction of sp³-hybridized carbons (Fsp3) is 0.333. The molecule has 0 radical (unpaired) electrons. The summed E-state index contributed by atoms with van der Waals surface area (Å²) in [5.74, 6) is 0.598. The van der Waals surface area contributed by atoms with Gasteiger partial charge in [-0.05, 0) is 47.9 Å². The highest BCUT2D eigenvalue weighted by Gasteiger charge is 2.33. The van der Waals surface area contributed by atoms with Crippen LogP contribution in [-0.4, -0.2) is 44.2 Å². The second-order valence-corrected chi connectivity index (χ2v) is 7.32. The molecule has 0 bridgehead atoms. The third-order valence-corrected chi connectivity index (χ3v) is 5.00. The summed E-state index contributed by atoms with van der Waals surface area (Å²) >= 11 is 0. The third-order valence-electron chi connectivity index (χ3n) is 5.00. The van der Waals surface area contributed by atoms with E-state index in [4.69, 9.17) is 4.74 Å². The zero-order valence-electron chi connectivity index (χ0n) is 16.7. The van der Waals surface area contributed by atoms with Gasteiger partial charge in [0.15, 0.2) is 0 Å². The van der Waals surface area contributed by atoms with Crippen LogP contribution in [0.15, 0.2) is 48.5 Å². The van der Waals surface area contributed by atoms with Crippen LogP contribution in [0.4, 0.5) is 13.2 Å². The Morgan fingerprint density at radius 2 is 1.94 bits per heavy atom. The molecule has 0 N–H and O–H groups in total. The minimum absolute atomic E-state index is 0.0343. The van der Waals surface area contributed by atoms with Crippen LogP contribution in [0, 0.1) is 0 Å². The molecule has 3 aromatic rings. The van der Waals surface area contributed by atoms with Gasteiger partial charge in [0, 0.05) is 18.2 Å². The van der Waals surface area contributed by atoms with Crippen LogP contribution < -0.4 is 4.74 Å². The number of amides is 1. The molecular formula is C21H20F3N5O2. The molecule has 1 heterocycles. The minimum atomic E-state index is -4.46. The lowest BCUT2D eigenvalue weighted by Crippen LogP contribution is -2.35. The molecule has 0 atom stereocenters. The molecule has 0 unspecified atom stereocenters. The summed E-state index contributed by atoms with van der Waals surface area (Å²) in [6.45, 7) is 0.307. The molecule has 1 aliphatic carbocycles. The molecule has 1 amide bonds. The first-order valence-corrected chi connectivity index (χ1v) is 9.71. The zero-order valence-corrected chi connectivity index (χ0v) is 16.7. The van der Waals surface area contributed by atoms with E-state index in [1.165, 1.54) is 12.1 Å². The Labute approximate surface area is 176 Å². The van der Waals surface area contributed by atoms with E-state index in [9.17, 15) is 18.0 Å². The molecule has 1 aliphatic rings. The van der Waals surface area contributed by atoms with Crippen LogP contribution in [0.25, 0.3) is 11.4 Å². The van der Waals surface area contributed by atoms with Crippen molar-refractivity contribution in [2.75, 3.05) is 7.11 Å². The van der Waals surface area contributed by atoms with Crippen LogP contribution in [0.3, 0.4) is 0 Å². The lowest BCUT2D eigenvalue weighted by Gasteiger charge is -2.22. The Morgan fingerprint density at radius 3 is 2.58 bits per heavy atom. The van der Waals surface area contributed by atoms with Gasteiger partial charge in [0.05, 0.1) is 12.7 Å². The van der Waals surface area contributed by atoms with E-state index in [0.717, 1.165) is 41.1 Å². The van der Waals surface area contributed by atoms with Gasteiger partial charge in [0.1, 0.15) is 12.3 Å². The second kappa shape index (κ2) is 8.37. The molecular weight excluding hydrogens is 411 g/mol. The lowest BCUT2D eigenvalue weighted by atomic mass is 10.1. The number of tetrazole rings is 1. The Balaban J connectivity index is 1.46. The molecule has 7 nitrogen and oxygen atoms in total. The van der Waals surface area contributed by atoms with E-state index in [1.54, 1.807) is 12.0 Å². The summed E-state index contributed by atoms with van der Waals surface area (Å²) in [5.41, 5.74) is 0.361. The van der Waals surface area contributed by atoms with Gasteiger partial charge in [-0.15, -0.1) is 10.2 Å². The largest absolute Gasteiger partial charge is 0.497 e. The Kier molecular flexibility index (Phi) is 5.62. The first-order valence-electron chi connectivity index (χ1n) is 9.71. The second-order valence-electron chi connectivity index (χ2n) is 7.32. The number of benzene rings is 2.